The van der Waals surface area contributed by atoms with E-state index in [0.29, 0.717) is 49.9 Å². The highest BCUT2D eigenvalue weighted by molar-refractivity contribution is 6.22. The molecule has 0 fully saturated rings. The summed E-state index contributed by atoms with van der Waals surface area (Å²) >= 11 is 0. The molecule has 0 spiro atoms. The maximum Gasteiger partial charge on any atom is 0.407 e. The summed E-state index contributed by atoms with van der Waals surface area (Å²) in [6, 6.07) is 15.3. The molecular formula is C32H38N2O6. The Labute approximate surface area is 235 Å². The fraction of sp³-hybridized carbons (Fsp3) is 0.438. The van der Waals surface area contributed by atoms with E-state index in [1.807, 2.05) is 50.2 Å². The molecule has 2 aliphatic carbocycles. The number of amides is 1. The van der Waals surface area contributed by atoms with Crippen LogP contribution in [0.1, 0.15) is 69.9 Å². The molecule has 2 aliphatic rings. The van der Waals surface area contributed by atoms with Gasteiger partial charge in [-0.25, -0.2) is 9.59 Å². The molecule has 0 unspecified atom stereocenters. The lowest BCUT2D eigenvalue weighted by molar-refractivity contribution is -0.143. The molecular weight excluding hydrogens is 508 g/mol. The Morgan fingerprint density at radius 3 is 2.27 bits per heavy atom. The number of rotatable bonds is 10. The minimum absolute atomic E-state index is 0.0764. The molecule has 1 atom stereocenters. The van der Waals surface area contributed by atoms with Crippen molar-refractivity contribution in [3.63, 3.8) is 0 Å². The third-order valence-electron chi connectivity index (χ3n) is 7.59. The standard InChI is InChI=1S/C32H38N2O6/c1-20(29-27(35)17-32(2,3)18-28(29)36)33-16-10-9-15-26(30(37)39-4)34-31(38)40-19-25-23-13-7-5-11-21(23)22-12-6-8-14-24(22)25/h5-8,11-14,25-26,35H,9-10,15-19H2,1-4H3,(H,34,38)/t26-/m0/s1. The Bertz CT molecular complexity index is 1300. The van der Waals surface area contributed by atoms with Gasteiger partial charge in [0.05, 0.1) is 12.7 Å². The highest BCUT2D eigenvalue weighted by Crippen LogP contribution is 2.44. The molecule has 0 radical (unpaired) electrons. The normalized spacial score (nSPS) is 17.2. The molecule has 2 aromatic carbocycles. The van der Waals surface area contributed by atoms with Gasteiger partial charge in [-0.2, -0.15) is 0 Å². The van der Waals surface area contributed by atoms with E-state index < -0.39 is 18.1 Å². The zero-order chi connectivity index (χ0) is 28.9. The topological polar surface area (TPSA) is 114 Å². The molecule has 40 heavy (non-hydrogen) atoms. The highest BCUT2D eigenvalue weighted by Gasteiger charge is 2.34. The summed E-state index contributed by atoms with van der Waals surface area (Å²) in [6.07, 6.45) is 1.72. The van der Waals surface area contributed by atoms with Crippen LogP contribution in [0.3, 0.4) is 0 Å². The Morgan fingerprint density at radius 1 is 1.05 bits per heavy atom. The number of aliphatic imine (C=N–C) groups is 1. The van der Waals surface area contributed by atoms with Gasteiger partial charge in [-0.15, -0.1) is 0 Å². The van der Waals surface area contributed by atoms with Crippen LogP contribution in [0, 0.1) is 5.41 Å². The van der Waals surface area contributed by atoms with Crippen LogP contribution in [0.15, 0.2) is 64.9 Å². The van der Waals surface area contributed by atoms with Crippen molar-refractivity contribution in [3.05, 3.63) is 71.0 Å². The van der Waals surface area contributed by atoms with Crippen LogP contribution in [0.25, 0.3) is 11.1 Å². The number of aliphatic hydroxyl groups is 1. The molecule has 212 valence electrons. The number of methoxy groups -OCH3 is 1. The summed E-state index contributed by atoms with van der Waals surface area (Å²) in [6.45, 7) is 6.23. The number of unbranched alkanes of at least 4 members (excludes halogenated alkanes) is 1. The second-order valence-electron chi connectivity index (χ2n) is 11.3. The van der Waals surface area contributed by atoms with Crippen molar-refractivity contribution in [3.8, 4) is 11.1 Å². The third-order valence-corrected chi connectivity index (χ3v) is 7.59. The number of nitrogens with one attached hydrogen (secondary N) is 1. The zero-order valence-electron chi connectivity index (χ0n) is 23.7. The molecule has 4 rings (SSSR count). The first kappa shape index (κ1) is 29.1. The number of Topliss-reactive ketones (excluding diaryl/α,β-unsaturated/α-hetero) is 1. The number of hydrogen-bond acceptors (Lipinski definition) is 7. The predicted molar refractivity (Wildman–Crippen MR) is 154 cm³/mol. The first-order valence-electron chi connectivity index (χ1n) is 13.8. The van der Waals surface area contributed by atoms with Crippen LogP contribution in [0.4, 0.5) is 4.79 Å². The first-order valence-corrected chi connectivity index (χ1v) is 13.8. The number of hydrogen-bond donors (Lipinski definition) is 2. The van der Waals surface area contributed by atoms with E-state index in [2.05, 4.69) is 22.4 Å². The molecule has 8 nitrogen and oxygen atoms in total. The Kier molecular flexibility index (Phi) is 9.07. The zero-order valence-corrected chi connectivity index (χ0v) is 23.7. The molecule has 0 aromatic heterocycles. The average Bonchev–Trinajstić information content (AvgIpc) is 3.23. The quantitative estimate of drug-likeness (QED) is 0.218. The number of allylic oxidation sites excluding steroid dienone is 2. The smallest absolute Gasteiger partial charge is 0.407 e. The van der Waals surface area contributed by atoms with Gasteiger partial charge in [-0.3, -0.25) is 9.79 Å². The summed E-state index contributed by atoms with van der Waals surface area (Å²) in [5.74, 6) is -0.611. The number of carbonyl (C=O) groups excluding carboxylic acids is 3. The summed E-state index contributed by atoms with van der Waals surface area (Å²) < 4.78 is 10.5. The van der Waals surface area contributed by atoms with E-state index in [1.54, 1.807) is 6.92 Å². The number of fused-ring (bicyclic) bond motifs is 3. The van der Waals surface area contributed by atoms with E-state index in [1.165, 1.54) is 7.11 Å². The number of benzene rings is 2. The van der Waals surface area contributed by atoms with Crippen molar-refractivity contribution in [2.24, 2.45) is 10.4 Å². The van der Waals surface area contributed by atoms with Gasteiger partial charge in [0.1, 0.15) is 18.4 Å². The minimum atomic E-state index is -0.848. The third kappa shape index (κ3) is 6.61. The summed E-state index contributed by atoms with van der Waals surface area (Å²) in [5, 5.41) is 13.0. The van der Waals surface area contributed by atoms with E-state index in [4.69, 9.17) is 9.47 Å². The summed E-state index contributed by atoms with van der Waals surface area (Å²) in [4.78, 5) is 42.0. The maximum atomic E-state index is 12.7. The number of ether oxygens (including phenoxy) is 2. The van der Waals surface area contributed by atoms with Crippen molar-refractivity contribution in [1.29, 1.82) is 0 Å². The van der Waals surface area contributed by atoms with Gasteiger partial charge in [0.25, 0.3) is 0 Å². The maximum absolute atomic E-state index is 12.7. The van der Waals surface area contributed by atoms with E-state index >= 15 is 0 Å². The van der Waals surface area contributed by atoms with Gasteiger partial charge in [-0.05, 0) is 53.9 Å². The summed E-state index contributed by atoms with van der Waals surface area (Å²) in [5.41, 5.74) is 5.09. The molecule has 0 heterocycles. The molecule has 0 saturated carbocycles. The van der Waals surface area contributed by atoms with Gasteiger partial charge in [0, 0.05) is 31.0 Å². The van der Waals surface area contributed by atoms with Crippen LogP contribution in [-0.4, -0.2) is 55.0 Å². The number of nitrogens with zero attached hydrogens (tertiary/aromatic N) is 1. The van der Waals surface area contributed by atoms with Gasteiger partial charge in [0.2, 0.25) is 0 Å². The molecule has 1 amide bonds. The Morgan fingerprint density at radius 2 is 1.68 bits per heavy atom. The van der Waals surface area contributed by atoms with Gasteiger partial charge < -0.3 is 19.9 Å². The van der Waals surface area contributed by atoms with Crippen LogP contribution in [0.5, 0.6) is 0 Å². The molecule has 0 bridgehead atoms. The number of ketones is 1. The first-order chi connectivity index (χ1) is 19.1. The fourth-order valence-corrected chi connectivity index (χ4v) is 5.66. The van der Waals surface area contributed by atoms with Crippen LogP contribution >= 0.6 is 0 Å². The second-order valence-corrected chi connectivity index (χ2v) is 11.3. The molecule has 2 aromatic rings. The molecule has 2 N–H and O–H groups in total. The SMILES string of the molecule is COC(=O)[C@H](CCCCN=C(C)C1=C(O)CC(C)(C)CC1=O)NC(=O)OCC1c2ccccc2-c2ccccc21. The lowest BCUT2D eigenvalue weighted by Gasteiger charge is -2.29. The van der Waals surface area contributed by atoms with Gasteiger partial charge in [0.15, 0.2) is 5.78 Å². The number of aliphatic hydroxyl groups excluding tert-OH is 1. The van der Waals surface area contributed by atoms with Crippen LogP contribution in [0.2, 0.25) is 0 Å². The second kappa shape index (κ2) is 12.5. The molecule has 0 aliphatic heterocycles. The number of alkyl carbamates (subject to hydrolysis) is 1. The number of esters is 1. The highest BCUT2D eigenvalue weighted by atomic mass is 16.6. The lowest BCUT2D eigenvalue weighted by atomic mass is 9.76. The minimum Gasteiger partial charge on any atom is -0.511 e. The largest absolute Gasteiger partial charge is 0.511 e. The summed E-state index contributed by atoms with van der Waals surface area (Å²) in [7, 11) is 1.28. The average molecular weight is 547 g/mol. The van der Waals surface area contributed by atoms with E-state index in [0.717, 1.165) is 22.3 Å². The molecule has 8 heteroatoms. The Hall–Kier alpha value is -3.94. The van der Waals surface area contributed by atoms with Gasteiger partial charge in [-0.1, -0.05) is 62.4 Å². The van der Waals surface area contributed by atoms with E-state index in [-0.39, 0.29) is 29.5 Å². The van der Waals surface area contributed by atoms with Crippen molar-refractivity contribution < 1.29 is 29.0 Å². The Balaban J connectivity index is 1.29. The van der Waals surface area contributed by atoms with Crippen LogP contribution in [-0.2, 0) is 19.1 Å². The lowest BCUT2D eigenvalue weighted by Crippen LogP contribution is -2.42. The van der Waals surface area contributed by atoms with Gasteiger partial charge >= 0.3 is 12.1 Å². The number of carbonyl (C=O) groups is 3. The van der Waals surface area contributed by atoms with Crippen molar-refractivity contribution in [1.82, 2.24) is 5.32 Å². The van der Waals surface area contributed by atoms with Crippen molar-refractivity contribution >= 4 is 23.6 Å². The predicted octanol–water partition coefficient (Wildman–Crippen LogP) is 5.90. The fourth-order valence-electron chi connectivity index (χ4n) is 5.66. The monoisotopic (exact) mass is 546 g/mol. The van der Waals surface area contributed by atoms with Crippen molar-refractivity contribution in [2.45, 2.75) is 64.8 Å². The van der Waals surface area contributed by atoms with E-state index in [9.17, 15) is 19.5 Å². The molecule has 0 saturated heterocycles. The van der Waals surface area contributed by atoms with Crippen LogP contribution < -0.4 is 5.32 Å². The van der Waals surface area contributed by atoms with Crippen molar-refractivity contribution in [2.75, 3.05) is 20.3 Å².